The Labute approximate surface area is 54.6 Å². The van der Waals surface area contributed by atoms with Gasteiger partial charge in [0.05, 0.1) is 0 Å². The van der Waals surface area contributed by atoms with E-state index in [0.29, 0.717) is 6.42 Å². The molecule has 2 nitrogen and oxygen atoms in total. The largest absolute Gasteiger partial charge is 0.396 e. The molecule has 0 fully saturated rings. The maximum Gasteiger partial charge on any atom is 0.0452 e. The van der Waals surface area contributed by atoms with Gasteiger partial charge in [-0.15, -0.1) is 0 Å². The predicted octanol–water partition coefficient (Wildman–Crippen LogP) is -1.02. The molecule has 0 aliphatic rings. The van der Waals surface area contributed by atoms with Crippen LogP contribution in [0.1, 0.15) is 6.42 Å². The zero-order chi connectivity index (χ0) is 4.12. The molecule has 3 heteroatoms. The van der Waals surface area contributed by atoms with Crippen LogP contribution >= 0.6 is 0 Å². The molecule has 0 saturated carbocycles. The molecule has 0 bridgehead atoms. The van der Waals surface area contributed by atoms with Gasteiger partial charge in [0.2, 0.25) is 0 Å². The summed E-state index contributed by atoms with van der Waals surface area (Å²) in [5.41, 5.74) is 0. The Bertz CT molecular complexity index is 16.3. The van der Waals surface area contributed by atoms with E-state index in [1.54, 1.807) is 0 Å². The summed E-state index contributed by atoms with van der Waals surface area (Å²) in [7, 11) is 0. The van der Waals surface area contributed by atoms with E-state index < -0.39 is 0 Å². The monoisotopic (exact) mass is 197 g/mol. The smallest absolute Gasteiger partial charge is 0.0452 e. The first-order valence-electron chi connectivity index (χ1n) is 1.63. The molecule has 0 aromatic carbocycles. The van der Waals surface area contributed by atoms with Crippen LogP contribution in [-0.4, -0.2) is 47.9 Å². The standard InChI is InChI=1S/C3H8O2.Sb/c4-2-1-3-5;/h4-5H,1-3H2;. The quantitative estimate of drug-likeness (QED) is 0.557. The summed E-state index contributed by atoms with van der Waals surface area (Å²) in [5, 5.41) is 15.8. The van der Waals surface area contributed by atoms with Gasteiger partial charge in [-0.1, -0.05) is 0 Å². The zero-order valence-corrected chi connectivity index (χ0v) is 6.02. The van der Waals surface area contributed by atoms with E-state index in [2.05, 4.69) is 0 Å². The maximum atomic E-state index is 7.91. The minimum absolute atomic E-state index is 0. The van der Waals surface area contributed by atoms with Crippen LogP contribution in [0.3, 0.4) is 0 Å². The van der Waals surface area contributed by atoms with Crippen LogP contribution in [0.2, 0.25) is 0 Å². The van der Waals surface area contributed by atoms with Crippen molar-refractivity contribution < 1.29 is 10.2 Å². The maximum absolute atomic E-state index is 7.91. The number of aliphatic hydroxyl groups is 2. The second-order valence-electron chi connectivity index (χ2n) is 0.801. The van der Waals surface area contributed by atoms with E-state index in [1.807, 2.05) is 0 Å². The second kappa shape index (κ2) is 9.22. The van der Waals surface area contributed by atoms with Crippen molar-refractivity contribution in [2.45, 2.75) is 6.42 Å². The van der Waals surface area contributed by atoms with Crippen LogP contribution in [0.4, 0.5) is 0 Å². The first-order chi connectivity index (χ1) is 2.41. The fourth-order valence-electron chi connectivity index (χ4n) is 0.0707. The van der Waals surface area contributed by atoms with Crippen molar-refractivity contribution in [3.63, 3.8) is 0 Å². The van der Waals surface area contributed by atoms with Gasteiger partial charge in [0, 0.05) is 37.6 Å². The Morgan fingerprint density at radius 2 is 1.33 bits per heavy atom. The molecule has 0 unspecified atom stereocenters. The molecule has 2 N–H and O–H groups in total. The van der Waals surface area contributed by atoms with E-state index in [-0.39, 0.29) is 37.6 Å². The third kappa shape index (κ3) is 8.83. The van der Waals surface area contributed by atoms with Gasteiger partial charge in [-0.05, 0) is 6.42 Å². The van der Waals surface area contributed by atoms with E-state index in [9.17, 15) is 0 Å². The van der Waals surface area contributed by atoms with E-state index in [4.69, 9.17) is 10.2 Å². The molecule has 37 valence electrons. The number of aliphatic hydroxyl groups excluding tert-OH is 2. The third-order valence-corrected chi connectivity index (χ3v) is 0.316. The van der Waals surface area contributed by atoms with Crippen LogP contribution in [0.25, 0.3) is 0 Å². The average Bonchev–Trinajstić information content (AvgIpc) is 1.41. The molecular weight excluding hydrogens is 190 g/mol. The Hall–Kier alpha value is 0.738. The van der Waals surface area contributed by atoms with Crippen molar-refractivity contribution in [2.24, 2.45) is 0 Å². The average molecular weight is 198 g/mol. The minimum atomic E-state index is 0. The summed E-state index contributed by atoms with van der Waals surface area (Å²) in [5.74, 6) is 0. The predicted molar refractivity (Wildman–Crippen MR) is 24.5 cm³/mol. The second-order valence-corrected chi connectivity index (χ2v) is 0.801. The summed E-state index contributed by atoms with van der Waals surface area (Å²) in [6.07, 6.45) is 0.500. The molecular formula is C3H8O2Sb. The van der Waals surface area contributed by atoms with Crippen LogP contribution < -0.4 is 0 Å². The molecule has 0 aromatic rings. The summed E-state index contributed by atoms with van der Waals surface area (Å²) >= 11 is 0. The molecule has 6 heavy (non-hydrogen) atoms. The molecule has 0 atom stereocenters. The summed E-state index contributed by atoms with van der Waals surface area (Å²) in [6, 6.07) is 0. The first-order valence-corrected chi connectivity index (χ1v) is 1.63. The van der Waals surface area contributed by atoms with Gasteiger partial charge in [0.25, 0.3) is 0 Å². The van der Waals surface area contributed by atoms with E-state index in [0.717, 1.165) is 0 Å². The third-order valence-electron chi connectivity index (χ3n) is 0.316. The fourth-order valence-corrected chi connectivity index (χ4v) is 0.0707. The van der Waals surface area contributed by atoms with Crippen LogP contribution in [0, 0.1) is 0 Å². The van der Waals surface area contributed by atoms with Gasteiger partial charge < -0.3 is 10.2 Å². The van der Waals surface area contributed by atoms with Gasteiger partial charge >= 0.3 is 0 Å². The van der Waals surface area contributed by atoms with E-state index in [1.165, 1.54) is 0 Å². The van der Waals surface area contributed by atoms with Gasteiger partial charge in [-0.3, -0.25) is 0 Å². The molecule has 0 saturated heterocycles. The summed E-state index contributed by atoms with van der Waals surface area (Å²) in [6.45, 7) is 0.188. The van der Waals surface area contributed by atoms with Gasteiger partial charge in [0.1, 0.15) is 0 Å². The number of rotatable bonds is 2. The van der Waals surface area contributed by atoms with Gasteiger partial charge in [-0.2, -0.15) is 0 Å². The van der Waals surface area contributed by atoms with Crippen molar-refractivity contribution in [3.8, 4) is 0 Å². The summed E-state index contributed by atoms with van der Waals surface area (Å²) in [4.78, 5) is 0. The Balaban J connectivity index is 0. The molecule has 0 heterocycles. The van der Waals surface area contributed by atoms with Crippen molar-refractivity contribution in [3.05, 3.63) is 0 Å². The molecule has 3 radical (unpaired) electrons. The van der Waals surface area contributed by atoms with Crippen LogP contribution in [0.15, 0.2) is 0 Å². The van der Waals surface area contributed by atoms with Gasteiger partial charge in [-0.25, -0.2) is 0 Å². The van der Waals surface area contributed by atoms with Crippen molar-refractivity contribution in [1.29, 1.82) is 0 Å². The summed E-state index contributed by atoms with van der Waals surface area (Å²) < 4.78 is 0. The first kappa shape index (κ1) is 9.88. The molecule has 0 spiro atoms. The molecule has 0 amide bonds. The normalized spacial score (nSPS) is 7.00. The minimum Gasteiger partial charge on any atom is -0.396 e. The van der Waals surface area contributed by atoms with Crippen molar-refractivity contribution in [2.75, 3.05) is 13.2 Å². The van der Waals surface area contributed by atoms with Crippen LogP contribution in [0.5, 0.6) is 0 Å². The molecule has 0 aromatic heterocycles. The van der Waals surface area contributed by atoms with E-state index >= 15 is 0 Å². The fraction of sp³-hybridized carbons (Fsp3) is 1.00. The van der Waals surface area contributed by atoms with Crippen LogP contribution in [-0.2, 0) is 0 Å². The number of hydrogen-bond acceptors (Lipinski definition) is 2. The Morgan fingerprint density at radius 3 is 1.33 bits per heavy atom. The van der Waals surface area contributed by atoms with Crippen molar-refractivity contribution in [1.82, 2.24) is 0 Å². The zero-order valence-electron chi connectivity index (χ0n) is 3.46. The Kier molecular flexibility index (Phi) is 15.2. The topological polar surface area (TPSA) is 40.5 Å². The van der Waals surface area contributed by atoms with Gasteiger partial charge in [0.15, 0.2) is 0 Å². The van der Waals surface area contributed by atoms with Crippen molar-refractivity contribution >= 4 is 24.4 Å². The molecule has 0 rings (SSSR count). The SMILES string of the molecule is OCCCO.[Sb]. The Morgan fingerprint density at radius 1 is 1.00 bits per heavy atom. The molecule has 0 aliphatic heterocycles. The molecule has 0 aliphatic carbocycles. The number of hydrogen-bond donors (Lipinski definition) is 2.